The Morgan fingerprint density at radius 3 is 2.85 bits per heavy atom. The predicted molar refractivity (Wildman–Crippen MR) is 103 cm³/mol. The van der Waals surface area contributed by atoms with Crippen LogP contribution < -0.4 is 14.8 Å². The summed E-state index contributed by atoms with van der Waals surface area (Å²) < 4.78 is 24.2. The first kappa shape index (κ1) is 17.2. The fourth-order valence-corrected chi connectivity index (χ4v) is 3.32. The molecule has 7 heteroatoms. The second-order valence-electron chi connectivity index (χ2n) is 5.77. The van der Waals surface area contributed by atoms with E-state index < -0.39 is 0 Å². The first-order valence-corrected chi connectivity index (χ1v) is 9.15. The van der Waals surface area contributed by atoms with Gasteiger partial charge in [0.25, 0.3) is 0 Å². The second kappa shape index (κ2) is 7.59. The number of anilines is 1. The molecular formula is C20H15FN2O3S. The smallest absolute Gasteiger partial charge is 0.250 e. The van der Waals surface area contributed by atoms with E-state index in [-0.39, 0.29) is 11.7 Å². The van der Waals surface area contributed by atoms with E-state index in [1.807, 2.05) is 23.6 Å². The number of carbonyl (C=O) groups excluding carboxylic acids is 1. The maximum atomic E-state index is 13.1. The molecule has 1 aliphatic rings. The van der Waals surface area contributed by atoms with E-state index >= 15 is 0 Å². The molecule has 0 bridgehead atoms. The highest BCUT2D eigenvalue weighted by atomic mass is 32.1. The number of fused-ring (bicyclic) bond motifs is 1. The Kier molecular flexibility index (Phi) is 4.84. The molecule has 0 aliphatic carbocycles. The monoisotopic (exact) mass is 382 g/mol. The number of nitrogens with one attached hydrogen (secondary N) is 1. The Balaban J connectivity index is 1.44. The number of benzene rings is 2. The number of ether oxygens (including phenoxy) is 2. The van der Waals surface area contributed by atoms with E-state index in [0.29, 0.717) is 29.7 Å². The first-order valence-electron chi connectivity index (χ1n) is 8.27. The van der Waals surface area contributed by atoms with Gasteiger partial charge in [-0.2, -0.15) is 0 Å². The van der Waals surface area contributed by atoms with Gasteiger partial charge in [0.15, 0.2) is 16.6 Å². The molecule has 2 heterocycles. The summed E-state index contributed by atoms with van der Waals surface area (Å²) >= 11 is 1.33. The topological polar surface area (TPSA) is 60.5 Å². The molecule has 4 rings (SSSR count). The number of carbonyl (C=O) groups is 1. The normalized spacial score (nSPS) is 12.9. The van der Waals surface area contributed by atoms with Crippen molar-refractivity contribution in [2.75, 3.05) is 18.5 Å². The molecule has 0 atom stereocenters. The zero-order chi connectivity index (χ0) is 18.6. The lowest BCUT2D eigenvalue weighted by molar-refractivity contribution is -0.111. The molecule has 2 aromatic carbocycles. The molecule has 1 aliphatic heterocycles. The van der Waals surface area contributed by atoms with Crippen LogP contribution >= 0.6 is 11.3 Å². The van der Waals surface area contributed by atoms with Gasteiger partial charge in [-0.3, -0.25) is 10.1 Å². The third kappa shape index (κ3) is 4.15. The van der Waals surface area contributed by atoms with E-state index in [2.05, 4.69) is 10.3 Å². The van der Waals surface area contributed by atoms with Gasteiger partial charge in [0.2, 0.25) is 5.91 Å². The molecular weight excluding hydrogens is 367 g/mol. The molecule has 0 radical (unpaired) electrons. The van der Waals surface area contributed by atoms with Gasteiger partial charge in [0, 0.05) is 17.0 Å². The van der Waals surface area contributed by atoms with Crippen molar-refractivity contribution < 1.29 is 18.7 Å². The standard InChI is InChI=1S/C20H15FN2O3S/c21-15-3-1-2-13(10-15)4-7-19(24)23-20-22-16(12-27-20)14-5-6-17-18(11-14)26-9-8-25-17/h1-7,10-12H,8-9H2,(H,22,23,24)/b7-4+. The van der Waals surface area contributed by atoms with Crippen LogP contribution in [0.3, 0.4) is 0 Å². The highest BCUT2D eigenvalue weighted by molar-refractivity contribution is 7.14. The Labute approximate surface area is 159 Å². The van der Waals surface area contributed by atoms with Crippen molar-refractivity contribution in [3.63, 3.8) is 0 Å². The molecule has 1 aromatic heterocycles. The molecule has 1 amide bonds. The molecule has 0 fully saturated rings. The largest absolute Gasteiger partial charge is 0.486 e. The van der Waals surface area contributed by atoms with E-state index in [1.54, 1.807) is 18.2 Å². The van der Waals surface area contributed by atoms with Crippen LogP contribution in [0.2, 0.25) is 0 Å². The van der Waals surface area contributed by atoms with Crippen molar-refractivity contribution in [1.29, 1.82) is 0 Å². The van der Waals surface area contributed by atoms with Crippen molar-refractivity contribution in [3.05, 3.63) is 65.3 Å². The predicted octanol–water partition coefficient (Wildman–Crippen LogP) is 4.37. The third-order valence-corrected chi connectivity index (χ3v) is 4.61. The summed E-state index contributed by atoms with van der Waals surface area (Å²) in [5, 5.41) is 5.05. The van der Waals surface area contributed by atoms with Crippen LogP contribution in [-0.2, 0) is 4.79 Å². The average molecular weight is 382 g/mol. The maximum absolute atomic E-state index is 13.1. The number of hydrogen-bond acceptors (Lipinski definition) is 5. The molecule has 1 N–H and O–H groups in total. The quantitative estimate of drug-likeness (QED) is 0.681. The zero-order valence-corrected chi connectivity index (χ0v) is 15.0. The lowest BCUT2D eigenvalue weighted by Crippen LogP contribution is -2.15. The van der Waals surface area contributed by atoms with Crippen LogP contribution in [0.1, 0.15) is 5.56 Å². The number of rotatable bonds is 4. The highest BCUT2D eigenvalue weighted by Gasteiger charge is 2.14. The molecule has 27 heavy (non-hydrogen) atoms. The number of halogens is 1. The lowest BCUT2D eigenvalue weighted by Gasteiger charge is -2.18. The fraction of sp³-hybridized carbons (Fsp3) is 0.100. The number of amides is 1. The van der Waals surface area contributed by atoms with Crippen LogP contribution in [0.15, 0.2) is 53.9 Å². The van der Waals surface area contributed by atoms with Gasteiger partial charge in [0.1, 0.15) is 19.0 Å². The Morgan fingerprint density at radius 2 is 2.00 bits per heavy atom. The van der Waals surface area contributed by atoms with Crippen LogP contribution in [0, 0.1) is 5.82 Å². The minimum Gasteiger partial charge on any atom is -0.486 e. The van der Waals surface area contributed by atoms with E-state index in [0.717, 1.165) is 17.0 Å². The summed E-state index contributed by atoms with van der Waals surface area (Å²) in [6, 6.07) is 11.6. The van der Waals surface area contributed by atoms with E-state index in [4.69, 9.17) is 9.47 Å². The molecule has 0 unspecified atom stereocenters. The van der Waals surface area contributed by atoms with Crippen LogP contribution in [0.25, 0.3) is 17.3 Å². The van der Waals surface area contributed by atoms with Crippen LogP contribution in [-0.4, -0.2) is 24.1 Å². The molecule has 5 nitrogen and oxygen atoms in total. The zero-order valence-electron chi connectivity index (χ0n) is 14.1. The van der Waals surface area contributed by atoms with Crippen LogP contribution in [0.4, 0.5) is 9.52 Å². The molecule has 0 saturated heterocycles. The van der Waals surface area contributed by atoms with Gasteiger partial charge in [-0.15, -0.1) is 11.3 Å². The SMILES string of the molecule is O=C(/C=C/c1cccc(F)c1)Nc1nc(-c2ccc3c(c2)OCCO3)cs1. The number of thiazole rings is 1. The molecule has 0 saturated carbocycles. The molecule has 136 valence electrons. The summed E-state index contributed by atoms with van der Waals surface area (Å²) in [7, 11) is 0. The lowest BCUT2D eigenvalue weighted by atomic mass is 10.1. The van der Waals surface area contributed by atoms with Crippen molar-refractivity contribution in [1.82, 2.24) is 4.98 Å². The summed E-state index contributed by atoms with van der Waals surface area (Å²) in [5.74, 6) is 0.732. The van der Waals surface area contributed by atoms with Gasteiger partial charge in [0.05, 0.1) is 5.69 Å². The van der Waals surface area contributed by atoms with Crippen molar-refractivity contribution in [2.24, 2.45) is 0 Å². The molecule has 3 aromatic rings. The van der Waals surface area contributed by atoms with Crippen molar-refractivity contribution in [2.45, 2.75) is 0 Å². The maximum Gasteiger partial charge on any atom is 0.250 e. The average Bonchev–Trinajstić information content (AvgIpc) is 3.14. The number of hydrogen-bond donors (Lipinski definition) is 1. The van der Waals surface area contributed by atoms with Gasteiger partial charge in [-0.05, 0) is 42.0 Å². The van der Waals surface area contributed by atoms with Gasteiger partial charge >= 0.3 is 0 Å². The summed E-state index contributed by atoms with van der Waals surface area (Å²) in [6.45, 7) is 1.06. The minimum atomic E-state index is -0.346. The van der Waals surface area contributed by atoms with Crippen molar-refractivity contribution in [3.8, 4) is 22.8 Å². The third-order valence-electron chi connectivity index (χ3n) is 3.85. The van der Waals surface area contributed by atoms with Gasteiger partial charge in [-0.25, -0.2) is 9.37 Å². The van der Waals surface area contributed by atoms with E-state index in [9.17, 15) is 9.18 Å². The Morgan fingerprint density at radius 1 is 1.15 bits per heavy atom. The summed E-state index contributed by atoms with van der Waals surface area (Å²) in [6.07, 6.45) is 2.90. The fourth-order valence-electron chi connectivity index (χ4n) is 2.60. The Hall–Kier alpha value is -3.19. The molecule has 0 spiro atoms. The van der Waals surface area contributed by atoms with Gasteiger partial charge in [-0.1, -0.05) is 12.1 Å². The summed E-state index contributed by atoms with van der Waals surface area (Å²) in [5.41, 5.74) is 2.23. The summed E-state index contributed by atoms with van der Waals surface area (Å²) in [4.78, 5) is 16.5. The van der Waals surface area contributed by atoms with E-state index in [1.165, 1.54) is 29.5 Å². The second-order valence-corrected chi connectivity index (χ2v) is 6.63. The minimum absolute atomic E-state index is 0.331. The Bertz CT molecular complexity index is 1020. The number of aromatic nitrogens is 1. The first-order chi connectivity index (χ1) is 13.2. The van der Waals surface area contributed by atoms with Crippen LogP contribution in [0.5, 0.6) is 11.5 Å². The highest BCUT2D eigenvalue weighted by Crippen LogP contribution is 2.35. The number of nitrogens with zero attached hydrogens (tertiary/aromatic N) is 1. The van der Waals surface area contributed by atoms with Crippen molar-refractivity contribution >= 4 is 28.5 Å². The van der Waals surface area contributed by atoms with Gasteiger partial charge < -0.3 is 9.47 Å².